The van der Waals surface area contributed by atoms with Gasteiger partial charge in [-0.25, -0.2) is 8.78 Å². The second-order valence-electron chi connectivity index (χ2n) is 5.54. The number of nitrogens with two attached hydrogens (primary N) is 1. The van der Waals surface area contributed by atoms with Gasteiger partial charge in [0.25, 0.3) is 0 Å². The molecule has 1 atom stereocenters. The molecule has 1 amide bonds. The molecular weight excluding hydrogens is 262 g/mol. The molecule has 0 spiro atoms. The number of hydrogen-bond donors (Lipinski definition) is 2. The van der Waals surface area contributed by atoms with Crippen molar-refractivity contribution in [3.63, 3.8) is 0 Å². The van der Waals surface area contributed by atoms with E-state index in [1.807, 2.05) is 13.8 Å². The quantitative estimate of drug-likeness (QED) is 0.842. The van der Waals surface area contributed by atoms with Crippen molar-refractivity contribution < 1.29 is 13.6 Å². The normalized spacial score (nSPS) is 12.6. The summed E-state index contributed by atoms with van der Waals surface area (Å²) in [6.07, 6.45) is 0.976. The first kappa shape index (κ1) is 16.6. The van der Waals surface area contributed by atoms with Crippen molar-refractivity contribution in [3.8, 4) is 0 Å². The van der Waals surface area contributed by atoms with Crippen LogP contribution >= 0.6 is 0 Å². The molecule has 3 N–H and O–H groups in total. The number of anilines is 1. The van der Waals surface area contributed by atoms with Crippen molar-refractivity contribution in [3.05, 3.63) is 29.3 Å². The van der Waals surface area contributed by atoms with E-state index >= 15 is 0 Å². The highest BCUT2D eigenvalue weighted by molar-refractivity contribution is 5.91. The van der Waals surface area contributed by atoms with Gasteiger partial charge in [0.1, 0.15) is 11.5 Å². The molecule has 0 heterocycles. The highest BCUT2D eigenvalue weighted by Gasteiger charge is 2.18. The fourth-order valence-electron chi connectivity index (χ4n) is 2.15. The lowest BCUT2D eigenvalue weighted by Gasteiger charge is -2.17. The van der Waals surface area contributed by atoms with E-state index in [0.717, 1.165) is 12.5 Å². The minimum Gasteiger partial charge on any atom is -0.330 e. The van der Waals surface area contributed by atoms with E-state index < -0.39 is 17.5 Å². The Morgan fingerprint density at radius 1 is 1.35 bits per heavy atom. The third kappa shape index (κ3) is 4.56. The summed E-state index contributed by atoms with van der Waals surface area (Å²) in [6.45, 7) is 5.98. The molecule has 112 valence electrons. The largest absolute Gasteiger partial charge is 0.330 e. The second-order valence-corrected chi connectivity index (χ2v) is 5.54. The molecule has 0 radical (unpaired) electrons. The van der Waals surface area contributed by atoms with E-state index in [1.54, 1.807) is 0 Å². The van der Waals surface area contributed by atoms with Gasteiger partial charge in [-0.1, -0.05) is 19.9 Å². The Bertz CT molecular complexity index is 475. The minimum atomic E-state index is -0.769. The summed E-state index contributed by atoms with van der Waals surface area (Å²) in [5, 5.41) is 2.31. The standard InChI is InChI=1S/C15H22F2N2O/c1-9(2)6-11(8-18)7-13(20)19-15-12(16)5-4-10(3)14(15)17/h4-5,9,11H,6-8,18H2,1-3H3,(H,19,20)/t11-/m0/s1. The lowest BCUT2D eigenvalue weighted by atomic mass is 9.94. The summed E-state index contributed by atoms with van der Waals surface area (Å²) >= 11 is 0. The summed E-state index contributed by atoms with van der Waals surface area (Å²) in [6, 6.07) is 2.48. The Labute approximate surface area is 118 Å². The van der Waals surface area contributed by atoms with Crippen LogP contribution in [0.1, 0.15) is 32.3 Å². The van der Waals surface area contributed by atoms with Gasteiger partial charge in [0.2, 0.25) is 5.91 Å². The average molecular weight is 284 g/mol. The Morgan fingerprint density at radius 3 is 2.55 bits per heavy atom. The summed E-state index contributed by atoms with van der Waals surface area (Å²) < 4.78 is 27.3. The van der Waals surface area contributed by atoms with Crippen LogP contribution in [-0.4, -0.2) is 12.5 Å². The van der Waals surface area contributed by atoms with Crippen molar-refractivity contribution in [1.29, 1.82) is 0 Å². The zero-order valence-electron chi connectivity index (χ0n) is 12.2. The van der Waals surface area contributed by atoms with Crippen LogP contribution in [0.3, 0.4) is 0 Å². The van der Waals surface area contributed by atoms with Crippen molar-refractivity contribution in [2.45, 2.75) is 33.6 Å². The molecule has 20 heavy (non-hydrogen) atoms. The van der Waals surface area contributed by atoms with Crippen molar-refractivity contribution in [1.82, 2.24) is 0 Å². The monoisotopic (exact) mass is 284 g/mol. The maximum atomic E-state index is 13.8. The molecule has 0 fully saturated rings. The number of aryl methyl sites for hydroxylation is 1. The average Bonchev–Trinajstić information content (AvgIpc) is 2.38. The van der Waals surface area contributed by atoms with Gasteiger partial charge in [-0.3, -0.25) is 4.79 Å². The van der Waals surface area contributed by atoms with Crippen molar-refractivity contribution in [2.24, 2.45) is 17.6 Å². The number of carbonyl (C=O) groups is 1. The Hall–Kier alpha value is -1.49. The molecule has 3 nitrogen and oxygen atoms in total. The van der Waals surface area contributed by atoms with Crippen LogP contribution < -0.4 is 11.1 Å². The van der Waals surface area contributed by atoms with Crippen LogP contribution in [0.4, 0.5) is 14.5 Å². The van der Waals surface area contributed by atoms with E-state index in [2.05, 4.69) is 5.32 Å². The molecule has 1 rings (SSSR count). The molecular formula is C15H22F2N2O. The van der Waals surface area contributed by atoms with Crippen LogP contribution in [0.5, 0.6) is 0 Å². The lowest BCUT2D eigenvalue weighted by Crippen LogP contribution is -2.24. The van der Waals surface area contributed by atoms with Crippen LogP contribution in [0, 0.1) is 30.4 Å². The minimum absolute atomic E-state index is 0.0194. The van der Waals surface area contributed by atoms with Gasteiger partial charge in [-0.2, -0.15) is 0 Å². The van der Waals surface area contributed by atoms with E-state index in [9.17, 15) is 13.6 Å². The third-order valence-electron chi connectivity index (χ3n) is 3.16. The van der Waals surface area contributed by atoms with E-state index in [4.69, 9.17) is 5.73 Å². The highest BCUT2D eigenvalue weighted by atomic mass is 19.1. The Morgan fingerprint density at radius 2 is 2.00 bits per heavy atom. The van der Waals surface area contributed by atoms with E-state index in [1.165, 1.54) is 13.0 Å². The summed E-state index contributed by atoms with van der Waals surface area (Å²) in [5.74, 6) is -1.47. The summed E-state index contributed by atoms with van der Waals surface area (Å²) in [4.78, 5) is 11.9. The van der Waals surface area contributed by atoms with Gasteiger partial charge >= 0.3 is 0 Å². The number of hydrogen-bond acceptors (Lipinski definition) is 2. The number of rotatable bonds is 6. The maximum Gasteiger partial charge on any atom is 0.224 e. The molecule has 5 heteroatoms. The molecule has 0 saturated heterocycles. The number of benzene rings is 1. The van der Waals surface area contributed by atoms with Gasteiger partial charge in [-0.15, -0.1) is 0 Å². The molecule has 1 aromatic rings. The Balaban J connectivity index is 2.74. The van der Waals surface area contributed by atoms with Gasteiger partial charge < -0.3 is 11.1 Å². The third-order valence-corrected chi connectivity index (χ3v) is 3.16. The molecule has 0 saturated carbocycles. The fraction of sp³-hybridized carbons (Fsp3) is 0.533. The van der Waals surface area contributed by atoms with Crippen molar-refractivity contribution >= 4 is 11.6 Å². The predicted octanol–water partition coefficient (Wildman–Crippen LogP) is 3.22. The maximum absolute atomic E-state index is 13.8. The first-order valence-electron chi connectivity index (χ1n) is 6.79. The molecule has 1 aromatic carbocycles. The molecule has 0 aliphatic rings. The van der Waals surface area contributed by atoms with Gasteiger partial charge in [0.15, 0.2) is 5.82 Å². The molecule has 0 aliphatic heterocycles. The summed E-state index contributed by atoms with van der Waals surface area (Å²) in [7, 11) is 0. The number of amides is 1. The van der Waals surface area contributed by atoms with Gasteiger partial charge in [0, 0.05) is 6.42 Å². The zero-order valence-corrected chi connectivity index (χ0v) is 12.2. The first-order chi connectivity index (χ1) is 9.35. The summed E-state index contributed by atoms with van der Waals surface area (Å²) in [5.41, 5.74) is 5.53. The van der Waals surface area contributed by atoms with E-state index in [0.29, 0.717) is 18.0 Å². The van der Waals surface area contributed by atoms with Crippen LogP contribution in [0.2, 0.25) is 0 Å². The van der Waals surface area contributed by atoms with Crippen LogP contribution in [-0.2, 0) is 4.79 Å². The van der Waals surface area contributed by atoms with E-state index in [-0.39, 0.29) is 18.0 Å². The Kier molecular flexibility index (Phi) is 6.07. The second kappa shape index (κ2) is 7.33. The number of nitrogens with one attached hydrogen (secondary N) is 1. The van der Waals surface area contributed by atoms with Gasteiger partial charge in [0.05, 0.1) is 0 Å². The molecule has 0 bridgehead atoms. The predicted molar refractivity (Wildman–Crippen MR) is 76.3 cm³/mol. The lowest BCUT2D eigenvalue weighted by molar-refractivity contribution is -0.117. The van der Waals surface area contributed by atoms with Gasteiger partial charge in [-0.05, 0) is 43.4 Å². The van der Waals surface area contributed by atoms with Crippen LogP contribution in [0.15, 0.2) is 12.1 Å². The number of halogens is 2. The fourth-order valence-corrected chi connectivity index (χ4v) is 2.15. The molecule has 0 unspecified atom stereocenters. The smallest absolute Gasteiger partial charge is 0.224 e. The van der Waals surface area contributed by atoms with Crippen molar-refractivity contribution in [2.75, 3.05) is 11.9 Å². The first-order valence-corrected chi connectivity index (χ1v) is 6.79. The molecule has 0 aliphatic carbocycles. The topological polar surface area (TPSA) is 55.1 Å². The van der Waals surface area contributed by atoms with Crippen LogP contribution in [0.25, 0.3) is 0 Å². The highest BCUT2D eigenvalue weighted by Crippen LogP contribution is 2.23. The zero-order chi connectivity index (χ0) is 15.3. The number of carbonyl (C=O) groups excluding carboxylic acids is 1. The SMILES string of the molecule is Cc1ccc(F)c(NC(=O)C[C@@H](CN)CC(C)C)c1F. The molecule has 0 aromatic heterocycles.